The molecule has 1 aliphatic carbocycles. The van der Waals surface area contributed by atoms with Crippen LogP contribution in [-0.4, -0.2) is 46.3 Å². The lowest BCUT2D eigenvalue weighted by Gasteiger charge is -2.35. The normalized spacial score (nSPS) is 16.6. The zero-order valence-corrected chi connectivity index (χ0v) is 19.7. The van der Waals surface area contributed by atoms with E-state index in [1.165, 1.54) is 28.5 Å². The van der Waals surface area contributed by atoms with Crippen molar-refractivity contribution in [2.75, 3.05) is 13.6 Å². The highest BCUT2D eigenvalue weighted by Gasteiger charge is 2.40. The minimum absolute atomic E-state index is 0.140. The number of hydrogen-bond acceptors (Lipinski definition) is 6. The highest BCUT2D eigenvalue weighted by atomic mass is 16.5. The van der Waals surface area contributed by atoms with Gasteiger partial charge in [-0.2, -0.15) is 0 Å². The minimum Gasteiger partial charge on any atom is -0.489 e. The number of benzene rings is 2. The number of hydrogen-bond donors (Lipinski definition) is 1. The van der Waals surface area contributed by atoms with Crippen LogP contribution in [0.3, 0.4) is 0 Å². The SMILES string of the molecule is CNC(=O)[C@H]1CC2=C(Cc3ccccc32)CN1C(=O)c1occc1COc1ccc2nccnc2c1. The molecular formula is C28H24N4O4. The number of nitrogens with one attached hydrogen (secondary N) is 1. The number of carbonyl (C=O) groups is 2. The van der Waals surface area contributed by atoms with E-state index in [-0.39, 0.29) is 24.2 Å². The molecule has 0 fully saturated rings. The number of furan rings is 1. The lowest BCUT2D eigenvalue weighted by atomic mass is 9.92. The molecule has 6 rings (SSSR count). The summed E-state index contributed by atoms with van der Waals surface area (Å²) in [5, 5.41) is 2.72. The van der Waals surface area contributed by atoms with E-state index in [0.29, 0.717) is 24.3 Å². The second-order valence-electron chi connectivity index (χ2n) is 8.95. The quantitative estimate of drug-likeness (QED) is 0.467. The molecule has 8 nitrogen and oxygen atoms in total. The molecular weight excluding hydrogens is 456 g/mol. The zero-order chi connectivity index (χ0) is 24.6. The summed E-state index contributed by atoms with van der Waals surface area (Å²) < 4.78 is 11.6. The first-order valence-electron chi connectivity index (χ1n) is 11.8. The molecule has 4 aromatic rings. The fourth-order valence-corrected chi connectivity index (χ4v) is 5.10. The van der Waals surface area contributed by atoms with Crippen molar-refractivity contribution in [1.29, 1.82) is 0 Å². The van der Waals surface area contributed by atoms with Crippen LogP contribution < -0.4 is 10.1 Å². The molecule has 2 aromatic heterocycles. The zero-order valence-electron chi connectivity index (χ0n) is 19.7. The molecule has 2 aromatic carbocycles. The summed E-state index contributed by atoms with van der Waals surface area (Å²) in [6.07, 6.45) is 6.01. The maximum absolute atomic E-state index is 13.7. The summed E-state index contributed by atoms with van der Waals surface area (Å²) in [6, 6.07) is 14.8. The second-order valence-corrected chi connectivity index (χ2v) is 8.95. The summed E-state index contributed by atoms with van der Waals surface area (Å²) in [7, 11) is 1.59. The first-order chi connectivity index (χ1) is 17.6. The minimum atomic E-state index is -0.620. The molecule has 0 saturated heterocycles. The Kier molecular flexibility index (Phi) is 5.48. The summed E-state index contributed by atoms with van der Waals surface area (Å²) in [6.45, 7) is 0.520. The fraction of sp³-hybridized carbons (Fsp3) is 0.214. The van der Waals surface area contributed by atoms with Crippen LogP contribution in [0.15, 0.2) is 77.2 Å². The maximum Gasteiger partial charge on any atom is 0.290 e. The van der Waals surface area contributed by atoms with Crippen molar-refractivity contribution in [2.24, 2.45) is 0 Å². The van der Waals surface area contributed by atoms with Crippen molar-refractivity contribution < 1.29 is 18.7 Å². The Morgan fingerprint density at radius 2 is 1.94 bits per heavy atom. The number of carbonyl (C=O) groups excluding carboxylic acids is 2. The van der Waals surface area contributed by atoms with Crippen molar-refractivity contribution in [3.8, 4) is 5.75 Å². The predicted octanol–water partition coefficient (Wildman–Crippen LogP) is 3.77. The summed E-state index contributed by atoms with van der Waals surface area (Å²) >= 11 is 0. The molecule has 0 spiro atoms. The standard InChI is InChI=1S/C28H24N4O4/c1-29-27(33)25-14-22-19(12-17-4-2-3-5-21(17)22)15-32(25)28(34)26-18(8-11-35-26)16-36-20-6-7-23-24(13-20)31-10-9-30-23/h2-11,13,25H,12,14-16H2,1H3,(H,29,33)/t25-/m1/s1. The van der Waals surface area contributed by atoms with Gasteiger partial charge in [0.1, 0.15) is 18.4 Å². The van der Waals surface area contributed by atoms with Gasteiger partial charge in [-0.05, 0) is 46.9 Å². The second kappa shape index (κ2) is 8.96. The molecule has 3 heterocycles. The number of likely N-dealkylation sites (N-methyl/N-ethyl adjacent to an activating group) is 1. The molecule has 180 valence electrons. The van der Waals surface area contributed by atoms with Gasteiger partial charge in [0.25, 0.3) is 5.91 Å². The van der Waals surface area contributed by atoms with Crippen LogP contribution >= 0.6 is 0 Å². The molecule has 1 aliphatic heterocycles. The molecule has 2 aliphatic rings. The molecule has 1 atom stereocenters. The van der Waals surface area contributed by atoms with Crippen LogP contribution in [0.1, 0.15) is 33.7 Å². The summed E-state index contributed by atoms with van der Waals surface area (Å²) in [5.41, 5.74) is 6.88. The van der Waals surface area contributed by atoms with Gasteiger partial charge in [-0.1, -0.05) is 24.3 Å². The van der Waals surface area contributed by atoms with E-state index < -0.39 is 6.04 Å². The van der Waals surface area contributed by atoms with Crippen molar-refractivity contribution in [3.63, 3.8) is 0 Å². The average molecular weight is 481 g/mol. The van der Waals surface area contributed by atoms with Crippen LogP contribution in [0.25, 0.3) is 16.6 Å². The van der Waals surface area contributed by atoms with E-state index in [0.717, 1.165) is 17.5 Å². The van der Waals surface area contributed by atoms with Gasteiger partial charge < -0.3 is 19.4 Å². The van der Waals surface area contributed by atoms with Gasteiger partial charge in [0, 0.05) is 44.0 Å². The number of fused-ring (bicyclic) bond motifs is 3. The molecule has 8 heteroatoms. The van der Waals surface area contributed by atoms with Crippen LogP contribution in [0.2, 0.25) is 0 Å². The smallest absolute Gasteiger partial charge is 0.290 e. The Morgan fingerprint density at radius 1 is 1.11 bits per heavy atom. The average Bonchev–Trinajstić information content (AvgIpc) is 3.54. The number of ether oxygens (including phenoxy) is 1. The van der Waals surface area contributed by atoms with E-state index in [1.807, 2.05) is 30.3 Å². The molecule has 36 heavy (non-hydrogen) atoms. The maximum atomic E-state index is 13.7. The van der Waals surface area contributed by atoms with E-state index in [1.54, 1.807) is 30.4 Å². The highest BCUT2D eigenvalue weighted by molar-refractivity contribution is 5.99. The van der Waals surface area contributed by atoms with Crippen LogP contribution in [0.4, 0.5) is 0 Å². The Labute approximate surface area is 207 Å². The first-order valence-corrected chi connectivity index (χ1v) is 11.8. The lowest BCUT2D eigenvalue weighted by Crippen LogP contribution is -2.51. The van der Waals surface area contributed by atoms with Gasteiger partial charge in [0.05, 0.1) is 17.3 Å². The summed E-state index contributed by atoms with van der Waals surface area (Å²) in [5.74, 6) is 0.284. The van der Waals surface area contributed by atoms with Gasteiger partial charge in [-0.3, -0.25) is 19.6 Å². The van der Waals surface area contributed by atoms with E-state index in [2.05, 4.69) is 27.4 Å². The van der Waals surface area contributed by atoms with Crippen molar-refractivity contribution >= 4 is 28.4 Å². The van der Waals surface area contributed by atoms with E-state index >= 15 is 0 Å². The van der Waals surface area contributed by atoms with Crippen molar-refractivity contribution in [1.82, 2.24) is 20.2 Å². The Morgan fingerprint density at radius 3 is 2.81 bits per heavy atom. The lowest BCUT2D eigenvalue weighted by molar-refractivity contribution is -0.125. The molecule has 2 amide bonds. The van der Waals surface area contributed by atoms with Gasteiger partial charge in [0.2, 0.25) is 5.91 Å². The molecule has 0 unspecified atom stereocenters. The third kappa shape index (κ3) is 3.80. The number of amides is 2. The van der Waals surface area contributed by atoms with Gasteiger partial charge in [-0.25, -0.2) is 0 Å². The van der Waals surface area contributed by atoms with Crippen LogP contribution in [0.5, 0.6) is 5.75 Å². The monoisotopic (exact) mass is 480 g/mol. The summed E-state index contributed by atoms with van der Waals surface area (Å²) in [4.78, 5) is 36.8. The molecule has 0 radical (unpaired) electrons. The van der Waals surface area contributed by atoms with Gasteiger partial charge >= 0.3 is 0 Å². The van der Waals surface area contributed by atoms with Crippen molar-refractivity contribution in [3.05, 3.63) is 95.2 Å². The fourth-order valence-electron chi connectivity index (χ4n) is 5.10. The van der Waals surface area contributed by atoms with Gasteiger partial charge in [-0.15, -0.1) is 0 Å². The third-order valence-electron chi connectivity index (χ3n) is 6.89. The molecule has 0 saturated carbocycles. The Bertz CT molecular complexity index is 1520. The third-order valence-corrected chi connectivity index (χ3v) is 6.89. The van der Waals surface area contributed by atoms with Crippen LogP contribution in [0, 0.1) is 0 Å². The Balaban J connectivity index is 1.24. The topological polar surface area (TPSA) is 97.6 Å². The van der Waals surface area contributed by atoms with E-state index in [9.17, 15) is 9.59 Å². The predicted molar refractivity (Wildman–Crippen MR) is 133 cm³/mol. The highest BCUT2D eigenvalue weighted by Crippen LogP contribution is 2.40. The largest absolute Gasteiger partial charge is 0.489 e. The Hall–Kier alpha value is -4.46. The number of nitrogens with zero attached hydrogens (tertiary/aromatic N) is 3. The van der Waals surface area contributed by atoms with Gasteiger partial charge in [0.15, 0.2) is 5.76 Å². The van der Waals surface area contributed by atoms with E-state index in [4.69, 9.17) is 9.15 Å². The number of rotatable bonds is 5. The van der Waals surface area contributed by atoms with Crippen LogP contribution in [-0.2, 0) is 17.8 Å². The molecule has 1 N–H and O–H groups in total. The molecule has 0 bridgehead atoms. The first kappa shape index (κ1) is 22.0. The number of aromatic nitrogens is 2. The van der Waals surface area contributed by atoms with Crippen molar-refractivity contribution in [2.45, 2.75) is 25.5 Å².